The number of fused-ring (bicyclic) bond motifs is 1. The number of nitrogens with one attached hydrogen (secondary N) is 1. The Balaban J connectivity index is 1.63. The van der Waals surface area contributed by atoms with Gasteiger partial charge in [0.05, 0.1) is 29.1 Å². The maximum Gasteiger partial charge on any atom is 0.433 e. The van der Waals surface area contributed by atoms with Crippen LogP contribution in [0.5, 0.6) is 0 Å². The van der Waals surface area contributed by atoms with Crippen LogP contribution in [0.4, 0.5) is 5.88 Å². The SMILES string of the molecule is CCc1ccc(-c2cc(C(=O)N/N=C\c3ccc([N+](=O)[O-])o3)c3ccccc3n2)cc1. The number of furan rings is 1. The molecule has 4 aromatic rings. The predicted molar refractivity (Wildman–Crippen MR) is 117 cm³/mol. The summed E-state index contributed by atoms with van der Waals surface area (Å²) in [7, 11) is 0. The van der Waals surface area contributed by atoms with E-state index in [4.69, 9.17) is 9.40 Å². The molecule has 2 aromatic heterocycles. The van der Waals surface area contributed by atoms with Gasteiger partial charge in [-0.2, -0.15) is 5.10 Å². The van der Waals surface area contributed by atoms with E-state index in [-0.39, 0.29) is 5.76 Å². The molecule has 0 aliphatic rings. The summed E-state index contributed by atoms with van der Waals surface area (Å²) in [5, 5.41) is 15.2. The minimum atomic E-state index is -0.645. The van der Waals surface area contributed by atoms with Crippen LogP contribution in [0, 0.1) is 10.1 Å². The number of aromatic nitrogens is 1. The van der Waals surface area contributed by atoms with Crippen molar-refractivity contribution in [1.82, 2.24) is 10.4 Å². The monoisotopic (exact) mass is 414 g/mol. The summed E-state index contributed by atoms with van der Waals surface area (Å²) >= 11 is 0. The van der Waals surface area contributed by atoms with Crippen LogP contribution >= 0.6 is 0 Å². The number of hydrogen-bond donors (Lipinski definition) is 1. The maximum absolute atomic E-state index is 12.9. The smallest absolute Gasteiger partial charge is 0.400 e. The van der Waals surface area contributed by atoms with Crippen LogP contribution in [0.15, 0.2) is 76.2 Å². The lowest BCUT2D eigenvalue weighted by atomic mass is 10.0. The molecule has 0 fully saturated rings. The first kappa shape index (κ1) is 20.0. The molecule has 154 valence electrons. The number of hydrazone groups is 1. The zero-order valence-corrected chi connectivity index (χ0v) is 16.6. The van der Waals surface area contributed by atoms with Gasteiger partial charge in [0.2, 0.25) is 0 Å². The number of aryl methyl sites for hydroxylation is 1. The highest BCUT2D eigenvalue weighted by molar-refractivity contribution is 6.07. The number of para-hydroxylation sites is 1. The Morgan fingerprint density at radius 3 is 2.65 bits per heavy atom. The van der Waals surface area contributed by atoms with E-state index in [9.17, 15) is 14.9 Å². The molecule has 31 heavy (non-hydrogen) atoms. The lowest BCUT2D eigenvalue weighted by Gasteiger charge is -2.09. The van der Waals surface area contributed by atoms with Crippen LogP contribution in [0.25, 0.3) is 22.2 Å². The Hall–Kier alpha value is -4.33. The lowest BCUT2D eigenvalue weighted by Crippen LogP contribution is -2.18. The first-order valence-electron chi connectivity index (χ1n) is 9.62. The summed E-state index contributed by atoms with van der Waals surface area (Å²) in [4.78, 5) is 27.6. The van der Waals surface area contributed by atoms with Crippen LogP contribution in [-0.4, -0.2) is 22.0 Å². The van der Waals surface area contributed by atoms with Crippen LogP contribution in [0.2, 0.25) is 0 Å². The molecular formula is C23H18N4O4. The fourth-order valence-corrected chi connectivity index (χ4v) is 3.15. The highest BCUT2D eigenvalue weighted by Crippen LogP contribution is 2.25. The molecule has 0 saturated carbocycles. The number of pyridine rings is 1. The van der Waals surface area contributed by atoms with Gasteiger partial charge in [0.1, 0.15) is 4.92 Å². The summed E-state index contributed by atoms with van der Waals surface area (Å²) in [6.45, 7) is 2.09. The molecule has 2 aromatic carbocycles. The van der Waals surface area contributed by atoms with Gasteiger partial charge in [-0.3, -0.25) is 14.9 Å². The summed E-state index contributed by atoms with van der Waals surface area (Å²) < 4.78 is 4.99. The van der Waals surface area contributed by atoms with Crippen molar-refractivity contribution in [3.05, 3.63) is 93.7 Å². The van der Waals surface area contributed by atoms with Crippen molar-refractivity contribution >= 4 is 28.9 Å². The van der Waals surface area contributed by atoms with E-state index in [1.165, 1.54) is 23.9 Å². The van der Waals surface area contributed by atoms with Gasteiger partial charge in [-0.1, -0.05) is 49.4 Å². The standard InChI is InChI=1S/C23H18N4O4/c1-2-15-7-9-16(10-8-15)21-13-19(18-5-3-4-6-20(18)25-21)23(28)26-24-14-17-11-12-22(31-17)27(29)30/h3-14H,2H2,1H3,(H,26,28)/b24-14-. The molecule has 4 rings (SSSR count). The molecule has 0 atom stereocenters. The first-order valence-corrected chi connectivity index (χ1v) is 9.62. The summed E-state index contributed by atoms with van der Waals surface area (Å²) in [5.74, 6) is -0.669. The number of hydrogen-bond acceptors (Lipinski definition) is 6. The Morgan fingerprint density at radius 2 is 1.94 bits per heavy atom. The van der Waals surface area contributed by atoms with Gasteiger partial charge in [0.25, 0.3) is 5.91 Å². The van der Waals surface area contributed by atoms with Crippen molar-refractivity contribution in [1.29, 1.82) is 0 Å². The number of amides is 1. The molecule has 0 bridgehead atoms. The largest absolute Gasteiger partial charge is 0.433 e. The van der Waals surface area contributed by atoms with Crippen LogP contribution in [-0.2, 0) is 6.42 Å². The number of nitro groups is 1. The van der Waals surface area contributed by atoms with E-state index < -0.39 is 16.7 Å². The molecule has 0 saturated heterocycles. The van der Waals surface area contributed by atoms with Gasteiger partial charge in [0.15, 0.2) is 5.76 Å². The minimum Gasteiger partial charge on any atom is -0.400 e. The van der Waals surface area contributed by atoms with E-state index in [0.29, 0.717) is 22.2 Å². The number of carbonyl (C=O) groups excluding carboxylic acids is 1. The Kier molecular flexibility index (Phi) is 5.53. The van der Waals surface area contributed by atoms with E-state index in [2.05, 4.69) is 17.5 Å². The van der Waals surface area contributed by atoms with Gasteiger partial charge in [-0.05, 0) is 30.2 Å². The van der Waals surface area contributed by atoms with Crippen LogP contribution in [0.1, 0.15) is 28.6 Å². The second kappa shape index (κ2) is 8.58. The van der Waals surface area contributed by atoms with Crippen molar-refractivity contribution in [2.75, 3.05) is 0 Å². The van der Waals surface area contributed by atoms with Gasteiger partial charge in [-0.15, -0.1) is 0 Å². The molecular weight excluding hydrogens is 396 g/mol. The van der Waals surface area contributed by atoms with Crippen LogP contribution in [0.3, 0.4) is 0 Å². The van der Waals surface area contributed by atoms with Gasteiger partial charge < -0.3 is 4.42 Å². The highest BCUT2D eigenvalue weighted by Gasteiger charge is 2.14. The van der Waals surface area contributed by atoms with E-state index >= 15 is 0 Å². The second-order valence-electron chi connectivity index (χ2n) is 6.75. The molecule has 8 heteroatoms. The second-order valence-corrected chi connectivity index (χ2v) is 6.75. The number of nitrogens with zero attached hydrogens (tertiary/aromatic N) is 3. The minimum absolute atomic E-state index is 0.156. The average molecular weight is 414 g/mol. The maximum atomic E-state index is 12.9. The molecule has 0 aliphatic carbocycles. The van der Waals surface area contributed by atoms with Crippen molar-refractivity contribution in [3.8, 4) is 11.3 Å². The fourth-order valence-electron chi connectivity index (χ4n) is 3.15. The first-order chi connectivity index (χ1) is 15.0. The van der Waals surface area contributed by atoms with Crippen molar-refractivity contribution in [2.45, 2.75) is 13.3 Å². The fraction of sp³-hybridized carbons (Fsp3) is 0.0870. The highest BCUT2D eigenvalue weighted by atomic mass is 16.6. The van der Waals surface area contributed by atoms with Gasteiger partial charge in [0, 0.05) is 10.9 Å². The number of benzene rings is 2. The van der Waals surface area contributed by atoms with Crippen LogP contribution < -0.4 is 5.43 Å². The molecule has 1 N–H and O–H groups in total. The van der Waals surface area contributed by atoms with E-state index in [1.807, 2.05) is 48.5 Å². The average Bonchev–Trinajstić information content (AvgIpc) is 3.27. The molecule has 1 amide bonds. The topological polar surface area (TPSA) is 111 Å². The van der Waals surface area contributed by atoms with Gasteiger partial charge in [-0.25, -0.2) is 10.4 Å². The number of rotatable bonds is 6. The summed E-state index contributed by atoms with van der Waals surface area (Å²) in [5.41, 5.74) is 6.36. The van der Waals surface area contributed by atoms with E-state index in [0.717, 1.165) is 12.0 Å². The van der Waals surface area contributed by atoms with Crippen molar-refractivity contribution < 1.29 is 14.1 Å². The molecule has 0 spiro atoms. The molecule has 0 radical (unpaired) electrons. The zero-order chi connectivity index (χ0) is 21.8. The molecule has 0 aliphatic heterocycles. The number of carbonyl (C=O) groups is 1. The Morgan fingerprint density at radius 1 is 1.16 bits per heavy atom. The van der Waals surface area contributed by atoms with E-state index in [1.54, 1.807) is 6.07 Å². The molecule has 8 nitrogen and oxygen atoms in total. The Bertz CT molecular complexity index is 1290. The summed E-state index contributed by atoms with van der Waals surface area (Å²) in [6.07, 6.45) is 2.15. The van der Waals surface area contributed by atoms with Crippen molar-refractivity contribution in [3.63, 3.8) is 0 Å². The normalized spacial score (nSPS) is 11.1. The molecule has 0 unspecified atom stereocenters. The Labute approximate surface area is 177 Å². The third kappa shape index (κ3) is 4.32. The zero-order valence-electron chi connectivity index (χ0n) is 16.6. The third-order valence-electron chi connectivity index (χ3n) is 4.77. The van der Waals surface area contributed by atoms with Crippen molar-refractivity contribution in [2.24, 2.45) is 5.10 Å². The molecule has 2 heterocycles. The summed E-state index contributed by atoms with van der Waals surface area (Å²) in [6, 6.07) is 19.8. The quantitative estimate of drug-likeness (QED) is 0.279. The third-order valence-corrected chi connectivity index (χ3v) is 4.77. The van der Waals surface area contributed by atoms with Gasteiger partial charge >= 0.3 is 5.88 Å². The lowest BCUT2D eigenvalue weighted by molar-refractivity contribution is -0.402. The predicted octanol–water partition coefficient (Wildman–Crippen LogP) is 4.73.